The first-order valence-corrected chi connectivity index (χ1v) is 10.4. The Labute approximate surface area is 151 Å². The van der Waals surface area contributed by atoms with Crippen LogP contribution in [0.25, 0.3) is 0 Å². The molecule has 0 amide bonds. The van der Waals surface area contributed by atoms with Crippen molar-refractivity contribution in [3.63, 3.8) is 0 Å². The third kappa shape index (κ3) is 5.53. The Hall–Kier alpha value is -0.980. The molecule has 1 nitrogen and oxygen atoms in total. The number of hydrogen-bond donors (Lipinski definition) is 1. The second-order valence-electron chi connectivity index (χ2n) is 7.70. The van der Waals surface area contributed by atoms with Crippen LogP contribution in [0.4, 0.5) is 0 Å². The summed E-state index contributed by atoms with van der Waals surface area (Å²) < 4.78 is 0. The molecule has 0 saturated carbocycles. The van der Waals surface area contributed by atoms with Gasteiger partial charge in [-0.25, -0.2) is 0 Å². The zero-order valence-electron chi connectivity index (χ0n) is 17.2. The van der Waals surface area contributed by atoms with E-state index in [4.69, 9.17) is 0 Å². The first-order valence-electron chi connectivity index (χ1n) is 10.4. The van der Waals surface area contributed by atoms with Gasteiger partial charge < -0.3 is 5.32 Å². The Bertz CT molecular complexity index is 447. The third-order valence-electron chi connectivity index (χ3n) is 5.62. The van der Waals surface area contributed by atoms with Crippen LogP contribution >= 0.6 is 0 Å². The lowest BCUT2D eigenvalue weighted by Crippen LogP contribution is -2.35. The van der Waals surface area contributed by atoms with E-state index in [0.29, 0.717) is 11.3 Å². The third-order valence-corrected chi connectivity index (χ3v) is 5.62. The average Bonchev–Trinajstić information content (AvgIpc) is 2.56. The van der Waals surface area contributed by atoms with E-state index in [0.717, 1.165) is 6.54 Å². The van der Waals surface area contributed by atoms with E-state index in [1.165, 1.54) is 57.1 Å². The van der Waals surface area contributed by atoms with Crippen molar-refractivity contribution in [1.29, 1.82) is 0 Å². The summed E-state index contributed by atoms with van der Waals surface area (Å²) in [4.78, 5) is 0. The van der Waals surface area contributed by atoms with Crippen molar-refractivity contribution >= 4 is 0 Å². The number of nitrogens with one attached hydrogen (secondary N) is 1. The standard InChI is InChI=1S/C23H41N/c1-7-11-12-13-14-17-24-22(8-2)20-18-23(9-3,10-4)21(20)16-15-19(5)6/h8,15-16,19,24H,7,9-14,17-18H2,1-6H3/b16-15+,22-8+. The summed E-state index contributed by atoms with van der Waals surface area (Å²) in [7, 11) is 0. The summed E-state index contributed by atoms with van der Waals surface area (Å²) in [6, 6.07) is 0. The predicted molar refractivity (Wildman–Crippen MR) is 109 cm³/mol. The number of unbranched alkanes of at least 4 members (excludes halogenated alkanes) is 4. The Morgan fingerprint density at radius 3 is 2.29 bits per heavy atom. The molecule has 0 saturated heterocycles. The minimum absolute atomic E-state index is 0.414. The van der Waals surface area contributed by atoms with Crippen LogP contribution < -0.4 is 5.32 Å². The summed E-state index contributed by atoms with van der Waals surface area (Å²) in [5.41, 5.74) is 4.95. The molecule has 0 aromatic carbocycles. The van der Waals surface area contributed by atoms with Gasteiger partial charge in [0.05, 0.1) is 0 Å². The SMILES string of the molecule is C/C=C(/NCCCCCCC)C1=C(/C=C/C(C)C)C(CC)(CC)C1. The van der Waals surface area contributed by atoms with E-state index >= 15 is 0 Å². The number of rotatable bonds is 12. The molecule has 24 heavy (non-hydrogen) atoms. The smallest absolute Gasteiger partial charge is 0.0332 e. The second kappa shape index (κ2) is 10.8. The van der Waals surface area contributed by atoms with Crippen LogP contribution in [-0.2, 0) is 0 Å². The van der Waals surface area contributed by atoms with E-state index in [9.17, 15) is 0 Å². The Balaban J connectivity index is 2.76. The topological polar surface area (TPSA) is 12.0 Å². The van der Waals surface area contributed by atoms with E-state index in [1.54, 1.807) is 11.1 Å². The molecule has 0 aromatic rings. The first kappa shape index (κ1) is 21.1. The lowest BCUT2D eigenvalue weighted by atomic mass is 9.60. The molecule has 0 unspecified atom stereocenters. The predicted octanol–water partition coefficient (Wildman–Crippen LogP) is 7.17. The lowest BCUT2D eigenvalue weighted by Gasteiger charge is -2.45. The van der Waals surface area contributed by atoms with Crippen LogP contribution in [0.1, 0.15) is 92.9 Å². The maximum absolute atomic E-state index is 3.72. The number of hydrogen-bond acceptors (Lipinski definition) is 1. The highest BCUT2D eigenvalue weighted by atomic mass is 14.9. The van der Waals surface area contributed by atoms with Gasteiger partial charge in [0.15, 0.2) is 0 Å². The number of allylic oxidation sites excluding steroid dienone is 5. The average molecular weight is 332 g/mol. The minimum Gasteiger partial charge on any atom is -0.385 e. The van der Waals surface area contributed by atoms with E-state index in [-0.39, 0.29) is 0 Å². The minimum atomic E-state index is 0.414. The van der Waals surface area contributed by atoms with Gasteiger partial charge in [0.25, 0.3) is 0 Å². The lowest BCUT2D eigenvalue weighted by molar-refractivity contribution is 0.285. The monoisotopic (exact) mass is 331 g/mol. The van der Waals surface area contributed by atoms with Crippen LogP contribution in [0.3, 0.4) is 0 Å². The molecule has 1 rings (SSSR count). The molecule has 0 atom stereocenters. The van der Waals surface area contributed by atoms with Gasteiger partial charge in [-0.15, -0.1) is 0 Å². The van der Waals surface area contributed by atoms with Gasteiger partial charge in [-0.05, 0) is 55.1 Å². The zero-order chi connectivity index (χ0) is 18.0. The van der Waals surface area contributed by atoms with Crippen molar-refractivity contribution in [2.75, 3.05) is 6.54 Å². The zero-order valence-corrected chi connectivity index (χ0v) is 17.2. The van der Waals surface area contributed by atoms with Gasteiger partial charge in [0.2, 0.25) is 0 Å². The van der Waals surface area contributed by atoms with E-state index in [1.807, 2.05) is 0 Å². The second-order valence-corrected chi connectivity index (χ2v) is 7.70. The van der Waals surface area contributed by atoms with Crippen LogP contribution in [0.15, 0.2) is 35.1 Å². The molecule has 138 valence electrons. The Morgan fingerprint density at radius 1 is 1.08 bits per heavy atom. The van der Waals surface area contributed by atoms with Crippen LogP contribution in [-0.4, -0.2) is 6.54 Å². The maximum atomic E-state index is 3.72. The highest BCUT2D eigenvalue weighted by Gasteiger charge is 2.41. The molecule has 0 aromatic heterocycles. The van der Waals surface area contributed by atoms with Gasteiger partial charge in [0, 0.05) is 12.2 Å². The van der Waals surface area contributed by atoms with Gasteiger partial charge >= 0.3 is 0 Å². The normalized spacial score (nSPS) is 17.7. The van der Waals surface area contributed by atoms with Crippen LogP contribution in [0, 0.1) is 11.3 Å². The van der Waals surface area contributed by atoms with Crippen molar-refractivity contribution in [3.8, 4) is 0 Å². The molecular weight excluding hydrogens is 290 g/mol. The summed E-state index contributed by atoms with van der Waals surface area (Å²) in [5, 5.41) is 3.72. The largest absolute Gasteiger partial charge is 0.385 e. The van der Waals surface area contributed by atoms with Gasteiger partial charge in [0.1, 0.15) is 0 Å². The first-order chi connectivity index (χ1) is 11.5. The van der Waals surface area contributed by atoms with Crippen LogP contribution in [0.2, 0.25) is 0 Å². The molecule has 0 radical (unpaired) electrons. The fraction of sp³-hybridized carbons (Fsp3) is 0.739. The highest BCUT2D eigenvalue weighted by molar-refractivity contribution is 5.51. The van der Waals surface area contributed by atoms with Crippen molar-refractivity contribution < 1.29 is 0 Å². The van der Waals surface area contributed by atoms with Gasteiger partial charge in [-0.2, -0.15) is 0 Å². The molecule has 0 fully saturated rings. The van der Waals surface area contributed by atoms with E-state index < -0.39 is 0 Å². The molecular formula is C23H41N. The quantitative estimate of drug-likeness (QED) is 0.374. The summed E-state index contributed by atoms with van der Waals surface area (Å²) in [5.74, 6) is 0.617. The Kier molecular flexibility index (Phi) is 9.48. The molecule has 1 heteroatoms. The van der Waals surface area contributed by atoms with Crippen molar-refractivity contribution in [2.24, 2.45) is 11.3 Å². The molecule has 0 heterocycles. The molecule has 1 N–H and O–H groups in total. The van der Waals surface area contributed by atoms with Crippen LogP contribution in [0.5, 0.6) is 0 Å². The highest BCUT2D eigenvalue weighted by Crippen LogP contribution is 2.53. The fourth-order valence-electron chi connectivity index (χ4n) is 3.76. The molecule has 1 aliphatic carbocycles. The summed E-state index contributed by atoms with van der Waals surface area (Å²) >= 11 is 0. The maximum Gasteiger partial charge on any atom is 0.0332 e. The van der Waals surface area contributed by atoms with Crippen molar-refractivity contribution in [3.05, 3.63) is 35.1 Å². The summed E-state index contributed by atoms with van der Waals surface area (Å²) in [6.45, 7) is 14.8. The van der Waals surface area contributed by atoms with Crippen molar-refractivity contribution in [2.45, 2.75) is 92.9 Å². The van der Waals surface area contributed by atoms with E-state index in [2.05, 4.69) is 65.1 Å². The fourth-order valence-corrected chi connectivity index (χ4v) is 3.76. The molecule has 0 spiro atoms. The van der Waals surface area contributed by atoms with Crippen molar-refractivity contribution in [1.82, 2.24) is 5.32 Å². The van der Waals surface area contributed by atoms with Gasteiger partial charge in [-0.1, -0.05) is 78.5 Å². The van der Waals surface area contributed by atoms with Gasteiger partial charge in [-0.3, -0.25) is 0 Å². The molecule has 0 aliphatic heterocycles. The molecule has 1 aliphatic rings. The summed E-state index contributed by atoms with van der Waals surface area (Å²) in [6.07, 6.45) is 17.5. The Morgan fingerprint density at radius 2 is 1.75 bits per heavy atom. The molecule has 0 bridgehead atoms.